The number of aliphatic hydroxyl groups excluding tert-OH is 1. The van der Waals surface area contributed by atoms with Gasteiger partial charge in [0.05, 0.1) is 6.61 Å². The van der Waals surface area contributed by atoms with Gasteiger partial charge in [0.25, 0.3) is 0 Å². The molecular weight excluding hydrogens is 180 g/mol. The average molecular weight is 200 g/mol. The number of ketones is 1. The Bertz CT molecular complexity index is 183. The average Bonchev–Trinajstić information content (AvgIpc) is 2.22. The molecule has 0 aromatic carbocycles. The second kappa shape index (κ2) is 6.71. The first kappa shape index (κ1) is 13.3. The number of unbranched alkanes of at least 4 members (excludes halogenated alkanes) is 2. The first-order chi connectivity index (χ1) is 6.66. The summed E-state index contributed by atoms with van der Waals surface area (Å²) >= 11 is 0. The molecule has 0 aliphatic rings. The van der Waals surface area contributed by atoms with Crippen LogP contribution in [0.3, 0.4) is 0 Å². The van der Waals surface area contributed by atoms with Gasteiger partial charge in [0.2, 0.25) is 0 Å². The van der Waals surface area contributed by atoms with Gasteiger partial charge in [0.1, 0.15) is 17.5 Å². The van der Waals surface area contributed by atoms with E-state index in [9.17, 15) is 9.59 Å². The van der Waals surface area contributed by atoms with E-state index in [1.165, 1.54) is 0 Å². The molecule has 0 aromatic rings. The zero-order valence-corrected chi connectivity index (χ0v) is 9.08. The maximum atomic E-state index is 11.6. The molecule has 0 radical (unpaired) electrons. The summed E-state index contributed by atoms with van der Waals surface area (Å²) < 4.78 is 0. The van der Waals surface area contributed by atoms with Gasteiger partial charge in [-0.25, -0.2) is 0 Å². The quantitative estimate of drug-likeness (QED) is 0.369. The van der Waals surface area contributed by atoms with E-state index in [-0.39, 0.29) is 12.4 Å². The van der Waals surface area contributed by atoms with Gasteiger partial charge in [-0.15, -0.1) is 0 Å². The monoisotopic (exact) mass is 200 g/mol. The highest BCUT2D eigenvalue weighted by Crippen LogP contribution is 2.22. The SMILES string of the molecule is CCCCCC(=O)C(C=O)(CC)CO. The molecule has 0 saturated carbocycles. The Labute approximate surface area is 85.5 Å². The number of aldehydes is 1. The van der Waals surface area contributed by atoms with Crippen LogP contribution in [0.4, 0.5) is 0 Å². The third-order valence-electron chi connectivity index (χ3n) is 2.70. The van der Waals surface area contributed by atoms with E-state index >= 15 is 0 Å². The molecule has 3 heteroatoms. The van der Waals surface area contributed by atoms with Crippen molar-refractivity contribution in [2.24, 2.45) is 5.41 Å². The number of carbonyl (C=O) groups excluding carboxylic acids is 2. The summed E-state index contributed by atoms with van der Waals surface area (Å²) in [5.41, 5.74) is -1.13. The molecule has 1 atom stereocenters. The molecule has 0 rings (SSSR count). The fourth-order valence-electron chi connectivity index (χ4n) is 1.37. The van der Waals surface area contributed by atoms with Crippen molar-refractivity contribution in [2.75, 3.05) is 6.61 Å². The maximum Gasteiger partial charge on any atom is 0.148 e. The van der Waals surface area contributed by atoms with Gasteiger partial charge in [-0.1, -0.05) is 26.7 Å². The lowest BCUT2D eigenvalue weighted by atomic mass is 9.81. The van der Waals surface area contributed by atoms with Crippen LogP contribution in [0.15, 0.2) is 0 Å². The van der Waals surface area contributed by atoms with Gasteiger partial charge in [0.15, 0.2) is 0 Å². The summed E-state index contributed by atoms with van der Waals surface area (Å²) in [5.74, 6) is -0.119. The third-order valence-corrected chi connectivity index (χ3v) is 2.70. The summed E-state index contributed by atoms with van der Waals surface area (Å²) in [6.07, 6.45) is 4.24. The van der Waals surface area contributed by atoms with Crippen LogP contribution in [0.1, 0.15) is 46.0 Å². The summed E-state index contributed by atoms with van der Waals surface area (Å²) in [6.45, 7) is 3.45. The Morgan fingerprint density at radius 2 is 2.00 bits per heavy atom. The topological polar surface area (TPSA) is 54.4 Å². The second-order valence-electron chi connectivity index (χ2n) is 3.67. The molecule has 0 aliphatic carbocycles. The lowest BCUT2D eigenvalue weighted by Gasteiger charge is -2.21. The van der Waals surface area contributed by atoms with Gasteiger partial charge in [-0.2, -0.15) is 0 Å². The summed E-state index contributed by atoms with van der Waals surface area (Å²) in [4.78, 5) is 22.4. The van der Waals surface area contributed by atoms with Crippen LogP contribution in [0.5, 0.6) is 0 Å². The Hall–Kier alpha value is -0.700. The summed E-state index contributed by atoms with van der Waals surface area (Å²) in [6, 6.07) is 0. The Morgan fingerprint density at radius 3 is 2.36 bits per heavy atom. The molecule has 0 spiro atoms. The van der Waals surface area contributed by atoms with E-state index in [1.54, 1.807) is 6.92 Å². The molecule has 14 heavy (non-hydrogen) atoms. The highest BCUT2D eigenvalue weighted by Gasteiger charge is 2.34. The molecule has 0 saturated heterocycles. The number of Topliss-reactive ketones (excluding diaryl/α,β-unsaturated/α-hetero) is 1. The van der Waals surface area contributed by atoms with Crippen LogP contribution in [-0.4, -0.2) is 23.8 Å². The third kappa shape index (κ3) is 3.22. The molecule has 82 valence electrons. The number of hydrogen-bond acceptors (Lipinski definition) is 3. The van der Waals surface area contributed by atoms with Gasteiger partial charge >= 0.3 is 0 Å². The van der Waals surface area contributed by atoms with Crippen molar-refractivity contribution in [1.29, 1.82) is 0 Å². The minimum Gasteiger partial charge on any atom is -0.395 e. The van der Waals surface area contributed by atoms with Crippen molar-refractivity contribution in [2.45, 2.75) is 46.0 Å². The Morgan fingerprint density at radius 1 is 1.36 bits per heavy atom. The molecule has 0 fully saturated rings. The zero-order valence-electron chi connectivity index (χ0n) is 9.08. The summed E-state index contributed by atoms with van der Waals surface area (Å²) in [5, 5.41) is 9.05. The maximum absolute atomic E-state index is 11.6. The van der Waals surface area contributed by atoms with E-state index in [2.05, 4.69) is 6.92 Å². The minimum atomic E-state index is -1.13. The van der Waals surface area contributed by atoms with Crippen molar-refractivity contribution in [1.82, 2.24) is 0 Å². The minimum absolute atomic E-state index is 0.119. The molecule has 3 nitrogen and oxygen atoms in total. The first-order valence-corrected chi connectivity index (χ1v) is 5.27. The molecule has 0 aromatic heterocycles. The molecule has 0 heterocycles. The van der Waals surface area contributed by atoms with Crippen LogP contribution in [0.2, 0.25) is 0 Å². The highest BCUT2D eigenvalue weighted by atomic mass is 16.3. The van der Waals surface area contributed by atoms with Crippen LogP contribution in [0, 0.1) is 5.41 Å². The van der Waals surface area contributed by atoms with Gasteiger partial charge in [-0.05, 0) is 12.8 Å². The van der Waals surface area contributed by atoms with E-state index in [0.29, 0.717) is 19.1 Å². The van der Waals surface area contributed by atoms with E-state index in [0.717, 1.165) is 19.3 Å². The molecule has 0 aliphatic heterocycles. The van der Waals surface area contributed by atoms with E-state index < -0.39 is 5.41 Å². The number of hydrogen-bond donors (Lipinski definition) is 1. The molecule has 0 amide bonds. The predicted octanol–water partition coefficient (Wildman–Crippen LogP) is 1.72. The Balaban J connectivity index is 4.22. The molecule has 0 bridgehead atoms. The number of aliphatic hydroxyl groups is 1. The van der Waals surface area contributed by atoms with Crippen molar-refractivity contribution < 1.29 is 14.7 Å². The van der Waals surface area contributed by atoms with Gasteiger partial charge in [-0.3, -0.25) is 4.79 Å². The van der Waals surface area contributed by atoms with Gasteiger partial charge in [0, 0.05) is 6.42 Å². The smallest absolute Gasteiger partial charge is 0.148 e. The number of carbonyl (C=O) groups is 2. The Kier molecular flexibility index (Phi) is 6.37. The van der Waals surface area contributed by atoms with E-state index in [1.807, 2.05) is 0 Å². The molecule has 1 N–H and O–H groups in total. The van der Waals surface area contributed by atoms with Crippen molar-refractivity contribution in [3.05, 3.63) is 0 Å². The van der Waals surface area contributed by atoms with Crippen LogP contribution in [0.25, 0.3) is 0 Å². The van der Waals surface area contributed by atoms with Gasteiger partial charge < -0.3 is 9.90 Å². The second-order valence-corrected chi connectivity index (χ2v) is 3.67. The standard InChI is InChI=1S/C11H20O3/c1-3-5-6-7-10(14)11(4-2,8-12)9-13/h8,13H,3-7,9H2,1-2H3. The summed E-state index contributed by atoms with van der Waals surface area (Å²) in [7, 11) is 0. The molecular formula is C11H20O3. The van der Waals surface area contributed by atoms with Crippen LogP contribution >= 0.6 is 0 Å². The van der Waals surface area contributed by atoms with Crippen molar-refractivity contribution in [3.63, 3.8) is 0 Å². The predicted molar refractivity (Wildman–Crippen MR) is 55.0 cm³/mol. The number of rotatable bonds is 8. The van der Waals surface area contributed by atoms with Crippen molar-refractivity contribution >= 4 is 12.1 Å². The fraction of sp³-hybridized carbons (Fsp3) is 0.818. The van der Waals surface area contributed by atoms with Crippen molar-refractivity contribution in [3.8, 4) is 0 Å². The fourth-order valence-corrected chi connectivity index (χ4v) is 1.37. The largest absolute Gasteiger partial charge is 0.395 e. The lowest BCUT2D eigenvalue weighted by Crippen LogP contribution is -2.35. The van der Waals surface area contributed by atoms with E-state index in [4.69, 9.17) is 5.11 Å². The zero-order chi connectivity index (χ0) is 11.0. The van der Waals surface area contributed by atoms with Crippen LogP contribution in [-0.2, 0) is 9.59 Å². The first-order valence-electron chi connectivity index (χ1n) is 5.27. The lowest BCUT2D eigenvalue weighted by molar-refractivity contribution is -0.137. The highest BCUT2D eigenvalue weighted by molar-refractivity contribution is 5.98. The molecule has 1 unspecified atom stereocenters. The van der Waals surface area contributed by atoms with Crippen LogP contribution < -0.4 is 0 Å². The normalized spacial score (nSPS) is 14.8.